The molecule has 10 aromatic rings. The summed E-state index contributed by atoms with van der Waals surface area (Å²) >= 11 is 2.99. The summed E-state index contributed by atoms with van der Waals surface area (Å²) < 4.78 is 30.5. The maximum absolute atomic E-state index is 4.96. The average Bonchev–Trinajstić information content (AvgIpc) is 1.39. The second-order valence-electron chi connectivity index (χ2n) is 32.7. The Kier molecular flexibility index (Phi) is 66.9. The molecule has 0 aromatic carbocycles. The first-order valence-corrected chi connectivity index (χ1v) is 33.0. The van der Waals surface area contributed by atoms with Gasteiger partial charge in [0.05, 0.1) is 0 Å². The first-order valence-electron chi connectivity index (χ1n) is 31.2. The second kappa shape index (κ2) is 55.9. The Morgan fingerprint density at radius 2 is 0.923 bits per heavy atom. The molecule has 0 bridgehead atoms. The number of thiazole rings is 1. The SMILES string of the molecule is CC(C)(C)c1[c-]noc1.CC(C)(C)c1[c-]nsc1.CC(C)(C)c1c[c-]no1.CC(C)(C)c1cn[c-]o1.CC(C)(C)c1co[c-]n1.CC(C)(C)c1cs[c-]n1.Cn1[c-]nc(C(C)(C)C)c1.Cn1[c-]ncc1C(C)(C)C.Cn1cc(C(C)(C)C)[c-]n1.Cn1n[c-]cc1C(C)(C)C.[Re].[Re].[Re].[Re].[Re].[Re].[Re].[Re].[Re].[Re]. The van der Waals surface area contributed by atoms with Gasteiger partial charge in [-0.15, -0.1) is 65.5 Å². The van der Waals surface area contributed by atoms with Gasteiger partial charge in [-0.1, -0.05) is 259 Å². The standard InChI is InChI=1S/4C8H13N2.4C7H10NO.2C7H10NS.10Re/c1-8(2,3)7-5-10(4)6-9-7;1-8(2,3)7-5-9-6-10(7)4;1-8(2,3)7-5-9-10(4)6-7;1-8(2,3)7-5-6-9-10(7)4;1-7(2,3)6-4-9-5-8-6;1-7(2,3)6-4-8-5-9-6;1-7(2,3)6-4-8-9-5-6;1-7(2,3)6-4-5-8-9-6;1-7(2,3)6-4-9-5-8-6;1-7(2,3)6-4-8-9-5-6;;;;;;;;;;/h2*5H,1-4H3;6H,1-4H3;5H,1-4H3;2*4H,1-3H3;5H,1-3H3;2*4H,1-3H3;5H,1-3H3;;;;;;;;;;/q10*-1;;;;;;;;;;. The molecule has 0 fully saturated rings. The summed E-state index contributed by atoms with van der Waals surface area (Å²) in [5.74, 6) is 1.75. The molecule has 0 saturated heterocycles. The van der Waals surface area contributed by atoms with Crippen LogP contribution in [-0.4, -0.2) is 68.3 Å². The summed E-state index contributed by atoms with van der Waals surface area (Å²) in [6.45, 7) is 63.7. The molecule has 0 amide bonds. The van der Waals surface area contributed by atoms with Crippen molar-refractivity contribution in [2.45, 2.75) is 262 Å². The van der Waals surface area contributed by atoms with Crippen molar-refractivity contribution in [3.05, 3.63) is 179 Å². The topological polar surface area (TPSA) is 201 Å². The van der Waals surface area contributed by atoms with Crippen molar-refractivity contribution in [1.82, 2.24) is 68.3 Å². The van der Waals surface area contributed by atoms with Crippen molar-refractivity contribution in [2.24, 2.45) is 28.2 Å². The summed E-state index contributed by atoms with van der Waals surface area (Å²) in [6, 6.07) is 3.69. The maximum Gasteiger partial charge on any atom is 0.102 e. The number of aryl methyl sites for hydroxylation is 4. The minimum atomic E-state index is 0. The second-order valence-corrected chi connectivity index (χ2v) is 34.0. The Morgan fingerprint density at radius 1 is 0.404 bits per heavy atom. The zero-order valence-electron chi connectivity index (χ0n) is 67.3. The molecule has 0 atom stereocenters. The third-order valence-corrected chi connectivity index (χ3v) is 14.0. The minimum Gasteiger partial charge on any atom is -0.581 e. The van der Waals surface area contributed by atoms with Gasteiger partial charge in [0, 0.05) is 231 Å². The summed E-state index contributed by atoms with van der Waals surface area (Å²) in [5.41, 5.74) is 13.2. The van der Waals surface area contributed by atoms with Gasteiger partial charge in [-0.3, -0.25) is 11.3 Å². The predicted molar refractivity (Wildman–Crippen MR) is 378 cm³/mol. The molecule has 0 saturated carbocycles. The van der Waals surface area contributed by atoms with E-state index in [1.807, 2.05) is 77.4 Å². The van der Waals surface area contributed by atoms with E-state index in [1.165, 1.54) is 39.8 Å². The van der Waals surface area contributed by atoms with Crippen LogP contribution in [0.3, 0.4) is 0 Å². The Balaban J connectivity index is -0.000000117. The molecule has 10 aromatic heterocycles. The molecule has 10 rings (SSSR count). The summed E-state index contributed by atoms with van der Waals surface area (Å²) in [6.07, 6.45) is 35.4. The van der Waals surface area contributed by atoms with Crippen LogP contribution in [0.25, 0.3) is 0 Å². The number of aromatic nitrogens is 14. The molecule has 0 spiro atoms. The number of nitrogens with zero attached hydrogens (tertiary/aromatic N) is 14. The number of imidazole rings is 2. The number of rotatable bonds is 0. The third kappa shape index (κ3) is 52.7. The van der Waals surface area contributed by atoms with Gasteiger partial charge >= 0.3 is 0 Å². The van der Waals surface area contributed by atoms with Crippen LogP contribution in [-0.2, 0) is 287 Å². The summed E-state index contributed by atoms with van der Waals surface area (Å²) in [5, 5.41) is 19.0. The van der Waals surface area contributed by atoms with Gasteiger partial charge in [-0.05, 0) is 76.1 Å². The number of hydrogen-bond donors (Lipinski definition) is 0. The molecular weight excluding hydrogens is 3080 g/mol. The van der Waals surface area contributed by atoms with E-state index in [4.69, 9.17) is 13.4 Å². The van der Waals surface area contributed by atoms with Gasteiger partial charge in [0.15, 0.2) is 0 Å². The van der Waals surface area contributed by atoms with Crippen LogP contribution < -0.4 is 0 Å². The Morgan fingerprint density at radius 3 is 1.12 bits per heavy atom. The van der Waals surface area contributed by atoms with Crippen molar-refractivity contribution in [1.29, 1.82) is 0 Å². The van der Waals surface area contributed by atoms with Crippen molar-refractivity contribution < 1.29 is 222 Å². The van der Waals surface area contributed by atoms with E-state index >= 15 is 0 Å². The van der Waals surface area contributed by atoms with Crippen molar-refractivity contribution in [2.75, 3.05) is 0 Å². The smallest absolute Gasteiger partial charge is 0.102 e. The van der Waals surface area contributed by atoms with Gasteiger partial charge < -0.3 is 75.9 Å². The Bertz CT molecular complexity index is 3060. The Hall–Kier alpha value is -0.437. The van der Waals surface area contributed by atoms with E-state index in [0.717, 1.165) is 39.7 Å². The third-order valence-electron chi connectivity index (χ3n) is 12.9. The number of oxazole rings is 2. The minimum absolute atomic E-state index is 0. The van der Waals surface area contributed by atoms with E-state index in [1.54, 1.807) is 29.5 Å². The fraction of sp³-hybridized carbons (Fsp3) is 0.595. The van der Waals surface area contributed by atoms with Gasteiger partial charge in [-0.25, -0.2) is 10.3 Å². The van der Waals surface area contributed by atoms with Gasteiger partial charge in [-0.2, -0.15) is 40.4 Å². The normalized spacial score (nSPS) is 10.8. The van der Waals surface area contributed by atoms with Crippen LogP contribution in [0.5, 0.6) is 0 Å². The van der Waals surface area contributed by atoms with Crippen LogP contribution in [0.4, 0.5) is 0 Å². The average molecular weight is 3190 g/mol. The Labute approximate surface area is 772 Å². The molecule has 30 heteroatoms. The molecule has 10 radical (unpaired) electrons. The van der Waals surface area contributed by atoms with Crippen LogP contribution in [0, 0.1) is 61.9 Å². The summed E-state index contributed by atoms with van der Waals surface area (Å²) in [7, 11) is 7.75. The first kappa shape index (κ1) is 124. The quantitative estimate of drug-likeness (QED) is 0.130. The molecule has 594 valence electrons. The molecular formula is C74H112N14O4Re10S2-10. The summed E-state index contributed by atoms with van der Waals surface area (Å²) in [4.78, 5) is 19.7. The molecule has 104 heavy (non-hydrogen) atoms. The molecule has 0 aliphatic carbocycles. The fourth-order valence-corrected chi connectivity index (χ4v) is 8.13. The van der Waals surface area contributed by atoms with Crippen LogP contribution in [0.1, 0.15) is 264 Å². The van der Waals surface area contributed by atoms with E-state index in [9.17, 15) is 0 Å². The van der Waals surface area contributed by atoms with Gasteiger partial charge in [0.25, 0.3) is 0 Å². The van der Waals surface area contributed by atoms with E-state index in [0.29, 0.717) is 0 Å². The predicted octanol–water partition coefficient (Wildman–Crippen LogP) is 17.6. The van der Waals surface area contributed by atoms with Crippen molar-refractivity contribution in [3.63, 3.8) is 0 Å². The first-order chi connectivity index (χ1) is 42.7. The van der Waals surface area contributed by atoms with Crippen LogP contribution >= 0.6 is 22.9 Å². The fourth-order valence-electron chi connectivity index (χ4n) is 6.70. The van der Waals surface area contributed by atoms with Crippen LogP contribution in [0.2, 0.25) is 0 Å². The maximum atomic E-state index is 4.96. The molecule has 10 heterocycles. The molecule has 0 unspecified atom stereocenters. The van der Waals surface area contributed by atoms with Crippen LogP contribution in [0.15, 0.2) is 78.1 Å². The molecule has 0 aliphatic heterocycles. The van der Waals surface area contributed by atoms with Gasteiger partial charge in [0.1, 0.15) is 12.8 Å². The van der Waals surface area contributed by atoms with E-state index in [2.05, 4.69) is 324 Å². The monoisotopic (exact) mass is 3190 g/mol. The van der Waals surface area contributed by atoms with Gasteiger partial charge in [0.2, 0.25) is 0 Å². The zero-order chi connectivity index (χ0) is 72.5. The molecule has 0 N–H and O–H groups in total. The zero-order valence-corrected chi connectivity index (χ0v) is 96.1. The molecule has 0 aliphatic rings. The van der Waals surface area contributed by atoms with Crippen molar-refractivity contribution >= 4 is 22.9 Å². The van der Waals surface area contributed by atoms with E-state index in [-0.39, 0.29) is 258 Å². The van der Waals surface area contributed by atoms with E-state index < -0.39 is 0 Å². The number of hydrogen-bond acceptors (Lipinski definition) is 16. The van der Waals surface area contributed by atoms with Crippen molar-refractivity contribution in [3.8, 4) is 0 Å². The molecule has 18 nitrogen and oxygen atoms in total. The largest absolute Gasteiger partial charge is 0.581 e.